The van der Waals surface area contributed by atoms with Gasteiger partial charge in [-0.1, -0.05) is 24.3 Å². The number of allylic oxidation sites excluding steroid dienone is 3. The highest BCUT2D eigenvalue weighted by atomic mass is 32.1. The Hall–Kier alpha value is -1.68. The average molecular weight is 275 g/mol. The quantitative estimate of drug-likeness (QED) is 0.263. The summed E-state index contributed by atoms with van der Waals surface area (Å²) in [6, 6.07) is 10.0. The van der Waals surface area contributed by atoms with Gasteiger partial charge in [0.2, 0.25) is 0 Å². The highest BCUT2D eigenvalue weighted by molar-refractivity contribution is 7.80. The third kappa shape index (κ3) is 6.15. The van der Waals surface area contributed by atoms with Gasteiger partial charge in [-0.05, 0) is 36.9 Å². The Morgan fingerprint density at radius 1 is 1.37 bits per heavy atom. The molecule has 0 spiro atoms. The maximum atomic E-state index is 4.41. The number of nitrogens with one attached hydrogen (secondary N) is 1. The summed E-state index contributed by atoms with van der Waals surface area (Å²) < 4.78 is 0. The van der Waals surface area contributed by atoms with E-state index >= 15 is 0 Å². The number of hydrogen-bond acceptors (Lipinski definition) is 4. The number of rotatable bonds is 7. The van der Waals surface area contributed by atoms with Gasteiger partial charge in [0.05, 0.1) is 11.9 Å². The van der Waals surface area contributed by atoms with Crippen molar-refractivity contribution in [2.75, 3.05) is 24.4 Å². The van der Waals surface area contributed by atoms with Crippen LogP contribution < -0.4 is 10.3 Å². The largest absolute Gasteiger partial charge is 0.390 e. The van der Waals surface area contributed by atoms with Gasteiger partial charge in [-0.3, -0.25) is 5.01 Å². The molecule has 0 aliphatic carbocycles. The van der Waals surface area contributed by atoms with Gasteiger partial charge in [-0.25, -0.2) is 0 Å². The summed E-state index contributed by atoms with van der Waals surface area (Å²) in [5.74, 6) is 0.820. The van der Waals surface area contributed by atoms with Gasteiger partial charge in [-0.15, -0.1) is 0 Å². The summed E-state index contributed by atoms with van der Waals surface area (Å²) in [4.78, 5) is 0. The van der Waals surface area contributed by atoms with Crippen molar-refractivity contribution in [3.8, 4) is 0 Å². The SMILES string of the molecule is C/C=C(\C=C/NCCS)/C=N/N(C)c1ccccc1. The third-order valence-electron chi connectivity index (χ3n) is 2.49. The molecule has 1 rings (SSSR count). The minimum absolute atomic E-state index is 0.820. The molecule has 0 atom stereocenters. The van der Waals surface area contributed by atoms with Gasteiger partial charge in [0, 0.05) is 19.3 Å². The zero-order chi connectivity index (χ0) is 13.9. The summed E-state index contributed by atoms with van der Waals surface area (Å²) in [5, 5.41) is 9.40. The van der Waals surface area contributed by atoms with Crippen molar-refractivity contribution in [2.24, 2.45) is 5.10 Å². The first-order valence-corrected chi connectivity index (χ1v) is 6.91. The van der Waals surface area contributed by atoms with Crippen LogP contribution in [0.1, 0.15) is 6.92 Å². The second kappa shape index (κ2) is 9.28. The van der Waals surface area contributed by atoms with Crippen LogP contribution in [-0.2, 0) is 0 Å². The first kappa shape index (κ1) is 15.4. The number of para-hydroxylation sites is 1. The molecule has 0 aromatic heterocycles. The predicted octanol–water partition coefficient (Wildman–Crippen LogP) is 3.09. The van der Waals surface area contributed by atoms with Gasteiger partial charge in [0.1, 0.15) is 0 Å². The maximum Gasteiger partial charge on any atom is 0.0590 e. The lowest BCUT2D eigenvalue weighted by Gasteiger charge is -2.12. The van der Waals surface area contributed by atoms with E-state index in [9.17, 15) is 0 Å². The summed E-state index contributed by atoms with van der Waals surface area (Å²) in [6.45, 7) is 2.85. The number of nitrogens with zero attached hydrogens (tertiary/aromatic N) is 2. The molecular formula is C15H21N3S. The molecule has 1 N–H and O–H groups in total. The van der Waals surface area contributed by atoms with E-state index in [1.54, 1.807) is 0 Å². The predicted molar refractivity (Wildman–Crippen MR) is 88.1 cm³/mol. The molecule has 0 aliphatic heterocycles. The Morgan fingerprint density at radius 2 is 2.11 bits per heavy atom. The van der Waals surface area contributed by atoms with Crippen LogP contribution in [0.5, 0.6) is 0 Å². The van der Waals surface area contributed by atoms with E-state index in [0.717, 1.165) is 23.6 Å². The van der Waals surface area contributed by atoms with Gasteiger partial charge >= 0.3 is 0 Å². The Balaban J connectivity index is 2.56. The number of benzene rings is 1. The van der Waals surface area contributed by atoms with E-state index in [1.165, 1.54) is 0 Å². The molecule has 1 aromatic carbocycles. The molecule has 19 heavy (non-hydrogen) atoms. The van der Waals surface area contributed by atoms with Crippen molar-refractivity contribution in [3.63, 3.8) is 0 Å². The molecule has 4 heteroatoms. The normalized spacial score (nSPS) is 12.3. The number of hydrogen-bond donors (Lipinski definition) is 2. The first-order chi connectivity index (χ1) is 9.27. The van der Waals surface area contributed by atoms with Crippen LogP contribution in [0.25, 0.3) is 0 Å². The lowest BCUT2D eigenvalue weighted by atomic mass is 10.3. The van der Waals surface area contributed by atoms with Crippen LogP contribution in [0.2, 0.25) is 0 Å². The number of hydrazone groups is 1. The van der Waals surface area contributed by atoms with Gasteiger partial charge in [0.15, 0.2) is 0 Å². The lowest BCUT2D eigenvalue weighted by Crippen LogP contribution is -2.09. The molecule has 0 aliphatic rings. The van der Waals surface area contributed by atoms with Crippen LogP contribution >= 0.6 is 12.6 Å². The molecule has 3 nitrogen and oxygen atoms in total. The molecule has 1 aromatic rings. The number of thiol groups is 1. The number of anilines is 1. The van der Waals surface area contributed by atoms with E-state index < -0.39 is 0 Å². The fourth-order valence-electron chi connectivity index (χ4n) is 1.38. The Labute approximate surface area is 121 Å². The Bertz CT molecular complexity index is 438. The van der Waals surface area contributed by atoms with Crippen molar-refractivity contribution in [2.45, 2.75) is 6.92 Å². The smallest absolute Gasteiger partial charge is 0.0590 e. The molecule has 0 bridgehead atoms. The Morgan fingerprint density at radius 3 is 2.74 bits per heavy atom. The van der Waals surface area contributed by atoms with Crippen molar-refractivity contribution in [1.82, 2.24) is 5.32 Å². The highest BCUT2D eigenvalue weighted by Crippen LogP contribution is 2.10. The monoisotopic (exact) mass is 275 g/mol. The molecule has 0 heterocycles. The first-order valence-electron chi connectivity index (χ1n) is 6.27. The lowest BCUT2D eigenvalue weighted by molar-refractivity contribution is 0.931. The fraction of sp³-hybridized carbons (Fsp3) is 0.267. The summed E-state index contributed by atoms with van der Waals surface area (Å²) in [6.07, 6.45) is 7.76. The molecule has 0 radical (unpaired) electrons. The molecular weight excluding hydrogens is 254 g/mol. The summed E-state index contributed by atoms with van der Waals surface area (Å²) in [7, 11) is 1.93. The van der Waals surface area contributed by atoms with Crippen LogP contribution in [0.3, 0.4) is 0 Å². The van der Waals surface area contributed by atoms with Crippen LogP contribution in [0.15, 0.2) is 59.4 Å². The zero-order valence-corrected chi connectivity index (χ0v) is 12.3. The van der Waals surface area contributed by atoms with Gasteiger partial charge in [0.25, 0.3) is 0 Å². The fourth-order valence-corrected chi connectivity index (χ4v) is 1.51. The maximum absolute atomic E-state index is 4.41. The second-order valence-electron chi connectivity index (χ2n) is 3.90. The molecule has 0 saturated heterocycles. The van der Waals surface area contributed by atoms with Crippen molar-refractivity contribution < 1.29 is 0 Å². The summed E-state index contributed by atoms with van der Waals surface area (Å²) in [5.41, 5.74) is 2.11. The van der Waals surface area contributed by atoms with E-state index in [0.29, 0.717) is 0 Å². The molecule has 102 valence electrons. The van der Waals surface area contributed by atoms with E-state index in [-0.39, 0.29) is 0 Å². The molecule has 0 unspecified atom stereocenters. The van der Waals surface area contributed by atoms with Crippen LogP contribution in [0.4, 0.5) is 5.69 Å². The molecule has 0 saturated carbocycles. The van der Waals surface area contributed by atoms with E-state index in [1.807, 2.05) is 73.9 Å². The van der Waals surface area contributed by atoms with Crippen molar-refractivity contribution in [3.05, 3.63) is 54.3 Å². The van der Waals surface area contributed by atoms with E-state index in [2.05, 4.69) is 23.0 Å². The molecule has 0 amide bonds. The topological polar surface area (TPSA) is 27.6 Å². The molecule has 0 fully saturated rings. The van der Waals surface area contributed by atoms with Crippen LogP contribution in [-0.4, -0.2) is 25.6 Å². The minimum atomic E-state index is 0.820. The second-order valence-corrected chi connectivity index (χ2v) is 4.35. The Kier molecular flexibility index (Phi) is 7.51. The van der Waals surface area contributed by atoms with Crippen LogP contribution in [0, 0.1) is 0 Å². The standard InChI is InChI=1S/C15H21N3S/c1-3-14(9-10-16-11-12-19)13-17-18(2)15-7-5-4-6-8-15/h3-10,13,16,19H,11-12H2,1-2H3/b10-9-,14-3+,17-13+. The minimum Gasteiger partial charge on any atom is -0.390 e. The highest BCUT2D eigenvalue weighted by Gasteiger charge is 1.95. The van der Waals surface area contributed by atoms with Gasteiger partial charge in [-0.2, -0.15) is 17.7 Å². The van der Waals surface area contributed by atoms with Gasteiger partial charge < -0.3 is 5.32 Å². The van der Waals surface area contributed by atoms with Crippen molar-refractivity contribution in [1.29, 1.82) is 0 Å². The zero-order valence-electron chi connectivity index (χ0n) is 11.5. The van der Waals surface area contributed by atoms with E-state index in [4.69, 9.17) is 0 Å². The van der Waals surface area contributed by atoms with Crippen molar-refractivity contribution >= 4 is 24.5 Å². The third-order valence-corrected chi connectivity index (χ3v) is 2.72. The average Bonchev–Trinajstić information content (AvgIpc) is 2.47. The summed E-state index contributed by atoms with van der Waals surface area (Å²) >= 11 is 4.13.